The topological polar surface area (TPSA) is 53.4 Å². The zero-order valence-corrected chi connectivity index (χ0v) is 14.6. The summed E-state index contributed by atoms with van der Waals surface area (Å²) < 4.78 is 13.3. The van der Waals surface area contributed by atoms with Gasteiger partial charge in [0.15, 0.2) is 5.78 Å². The van der Waals surface area contributed by atoms with E-state index in [4.69, 9.17) is 0 Å². The number of carbonyl (C=O) groups is 1. The van der Waals surface area contributed by atoms with Crippen LogP contribution in [0.4, 0.5) is 4.39 Å². The third-order valence-electron chi connectivity index (χ3n) is 5.78. The molecule has 4 nitrogen and oxygen atoms in total. The van der Waals surface area contributed by atoms with Crippen molar-refractivity contribution in [3.05, 3.63) is 65.2 Å². The van der Waals surface area contributed by atoms with Gasteiger partial charge >= 0.3 is 0 Å². The summed E-state index contributed by atoms with van der Waals surface area (Å²) >= 11 is 0. The predicted molar refractivity (Wildman–Crippen MR) is 96.5 cm³/mol. The van der Waals surface area contributed by atoms with Crippen molar-refractivity contribution in [3.8, 4) is 0 Å². The van der Waals surface area contributed by atoms with Crippen LogP contribution < -0.4 is 0 Å². The summed E-state index contributed by atoms with van der Waals surface area (Å²) in [6, 6.07) is 9.67. The lowest BCUT2D eigenvalue weighted by Crippen LogP contribution is -2.51. The average Bonchev–Trinajstić information content (AvgIpc) is 2.67. The number of carbonyl (C=O) groups excluding carboxylic acids is 1. The van der Waals surface area contributed by atoms with Crippen molar-refractivity contribution in [2.75, 3.05) is 13.1 Å². The van der Waals surface area contributed by atoms with Crippen LogP contribution in [0.15, 0.2) is 42.7 Å². The van der Waals surface area contributed by atoms with E-state index in [0.29, 0.717) is 12.0 Å². The lowest BCUT2D eigenvalue weighted by atomic mass is 9.83. The van der Waals surface area contributed by atoms with Crippen molar-refractivity contribution >= 4 is 5.78 Å². The van der Waals surface area contributed by atoms with E-state index < -0.39 is 5.82 Å². The maximum atomic E-state index is 13.3. The molecular formula is C21H23FN2O2. The monoisotopic (exact) mass is 354 g/mol. The van der Waals surface area contributed by atoms with Gasteiger partial charge in [0.2, 0.25) is 0 Å². The molecule has 0 bridgehead atoms. The van der Waals surface area contributed by atoms with Gasteiger partial charge in [0, 0.05) is 30.1 Å². The Morgan fingerprint density at radius 2 is 1.81 bits per heavy atom. The standard InChI is InChI=1S/C21H23FN2O2/c22-18-9-17(12-23-13-18)21(26)14-5-7-24(8-6-14)19-10-15-3-1-2-4-16(15)11-20(19)25/h1-4,9,12-14,19-20,25H,5-8,10-11H2/t19-,20-/m0/s1. The molecule has 1 aliphatic carbocycles. The van der Waals surface area contributed by atoms with Crippen molar-refractivity contribution in [1.29, 1.82) is 0 Å². The van der Waals surface area contributed by atoms with Crippen LogP contribution in [0.25, 0.3) is 0 Å². The molecule has 5 heteroatoms. The van der Waals surface area contributed by atoms with Crippen LogP contribution in [0, 0.1) is 11.7 Å². The van der Waals surface area contributed by atoms with Gasteiger partial charge in [-0.2, -0.15) is 0 Å². The Morgan fingerprint density at radius 3 is 2.50 bits per heavy atom. The normalized spacial score (nSPS) is 24.2. The summed E-state index contributed by atoms with van der Waals surface area (Å²) in [5, 5.41) is 10.6. The molecule has 2 aromatic rings. The average molecular weight is 354 g/mol. The number of rotatable bonds is 3. The summed E-state index contributed by atoms with van der Waals surface area (Å²) in [5.41, 5.74) is 2.90. The SMILES string of the molecule is O=C(c1cncc(F)c1)C1CCN([C@H]2Cc3ccccc3C[C@@H]2O)CC1. The van der Waals surface area contributed by atoms with Crippen molar-refractivity contribution in [2.24, 2.45) is 5.92 Å². The number of ketones is 1. The molecule has 2 atom stereocenters. The first-order valence-electron chi connectivity index (χ1n) is 9.25. The van der Waals surface area contributed by atoms with Crippen molar-refractivity contribution in [3.63, 3.8) is 0 Å². The fourth-order valence-corrected chi connectivity index (χ4v) is 4.33. The third kappa shape index (κ3) is 3.41. The van der Waals surface area contributed by atoms with Gasteiger partial charge in [0.25, 0.3) is 0 Å². The molecule has 2 heterocycles. The van der Waals surface area contributed by atoms with Gasteiger partial charge in [-0.1, -0.05) is 24.3 Å². The minimum absolute atomic E-state index is 0.0220. The van der Waals surface area contributed by atoms with Crippen LogP contribution >= 0.6 is 0 Å². The molecule has 0 spiro atoms. The van der Waals surface area contributed by atoms with Gasteiger partial charge in [-0.05, 0) is 49.5 Å². The Bertz CT molecular complexity index is 802. The summed E-state index contributed by atoms with van der Waals surface area (Å²) in [5.74, 6) is -0.591. The molecule has 1 aliphatic heterocycles. The quantitative estimate of drug-likeness (QED) is 0.861. The first-order chi connectivity index (χ1) is 12.6. The van der Waals surface area contributed by atoms with E-state index in [-0.39, 0.29) is 23.8 Å². The second kappa shape index (κ2) is 7.25. The lowest BCUT2D eigenvalue weighted by Gasteiger charge is -2.41. The van der Waals surface area contributed by atoms with Gasteiger partial charge in [0.05, 0.1) is 12.3 Å². The number of likely N-dealkylation sites (tertiary alicyclic amines) is 1. The maximum Gasteiger partial charge on any atom is 0.167 e. The number of piperidine rings is 1. The third-order valence-corrected chi connectivity index (χ3v) is 5.78. The molecule has 4 rings (SSSR count). The molecule has 0 saturated carbocycles. The van der Waals surface area contributed by atoms with Gasteiger partial charge in [0.1, 0.15) is 5.82 Å². The highest BCUT2D eigenvalue weighted by Gasteiger charge is 2.35. The molecule has 1 aromatic heterocycles. The Kier molecular flexibility index (Phi) is 4.83. The molecule has 1 saturated heterocycles. The van der Waals surface area contributed by atoms with Crippen molar-refractivity contribution < 1.29 is 14.3 Å². The summed E-state index contributed by atoms with van der Waals surface area (Å²) in [7, 11) is 0. The van der Waals surface area contributed by atoms with Gasteiger partial charge < -0.3 is 5.11 Å². The van der Waals surface area contributed by atoms with E-state index in [1.54, 1.807) is 0 Å². The summed E-state index contributed by atoms with van der Waals surface area (Å²) in [4.78, 5) is 18.7. The van der Waals surface area contributed by atoms with Crippen molar-refractivity contribution in [2.45, 2.75) is 37.8 Å². The molecule has 0 radical (unpaired) electrons. The van der Waals surface area contributed by atoms with E-state index in [1.807, 2.05) is 12.1 Å². The molecule has 2 aliphatic rings. The molecule has 26 heavy (non-hydrogen) atoms. The van der Waals surface area contributed by atoms with Crippen molar-refractivity contribution in [1.82, 2.24) is 9.88 Å². The van der Waals surface area contributed by atoms with E-state index >= 15 is 0 Å². The Morgan fingerprint density at radius 1 is 1.12 bits per heavy atom. The molecule has 136 valence electrons. The van der Waals surface area contributed by atoms with Crippen LogP contribution in [0.1, 0.15) is 34.3 Å². The Balaban J connectivity index is 1.40. The number of benzene rings is 1. The van der Waals surface area contributed by atoms with Gasteiger partial charge in [-0.25, -0.2) is 4.39 Å². The Labute approximate surface area is 152 Å². The minimum Gasteiger partial charge on any atom is -0.391 e. The number of Topliss-reactive ketones (excluding diaryl/α,β-unsaturated/α-hetero) is 1. The highest BCUT2D eigenvalue weighted by atomic mass is 19.1. The Hall–Kier alpha value is -2.11. The molecule has 1 N–H and O–H groups in total. The number of nitrogens with zero attached hydrogens (tertiary/aromatic N) is 2. The minimum atomic E-state index is -0.475. The molecule has 0 amide bonds. The number of pyridine rings is 1. The van der Waals surface area contributed by atoms with E-state index in [2.05, 4.69) is 22.0 Å². The van der Waals surface area contributed by atoms with Gasteiger partial charge in [-0.15, -0.1) is 0 Å². The van der Waals surface area contributed by atoms with Crippen LogP contribution in [0.2, 0.25) is 0 Å². The fourth-order valence-electron chi connectivity index (χ4n) is 4.33. The number of halogens is 1. The lowest BCUT2D eigenvalue weighted by molar-refractivity contribution is 0.0239. The van der Waals surface area contributed by atoms with E-state index in [9.17, 15) is 14.3 Å². The smallest absolute Gasteiger partial charge is 0.167 e. The highest BCUT2D eigenvalue weighted by molar-refractivity contribution is 5.97. The zero-order chi connectivity index (χ0) is 18.1. The van der Waals surface area contributed by atoms with Crippen LogP contribution in [0.3, 0.4) is 0 Å². The molecule has 1 aromatic carbocycles. The first-order valence-corrected chi connectivity index (χ1v) is 9.25. The number of aliphatic hydroxyl groups excluding tert-OH is 1. The van der Waals surface area contributed by atoms with Crippen LogP contribution in [-0.2, 0) is 12.8 Å². The first kappa shape index (κ1) is 17.3. The van der Waals surface area contributed by atoms with Crippen LogP contribution in [-0.4, -0.2) is 46.0 Å². The molecular weight excluding hydrogens is 331 g/mol. The largest absolute Gasteiger partial charge is 0.391 e. The highest BCUT2D eigenvalue weighted by Crippen LogP contribution is 2.29. The van der Waals surface area contributed by atoms with Crippen LogP contribution in [0.5, 0.6) is 0 Å². The second-order valence-corrected chi connectivity index (χ2v) is 7.38. The fraction of sp³-hybridized carbons (Fsp3) is 0.429. The van der Waals surface area contributed by atoms with E-state index in [0.717, 1.165) is 38.5 Å². The number of hydrogen-bond donors (Lipinski definition) is 1. The predicted octanol–water partition coefficient (Wildman–Crippen LogP) is 2.64. The number of fused-ring (bicyclic) bond motifs is 1. The van der Waals surface area contributed by atoms with Gasteiger partial charge in [-0.3, -0.25) is 14.7 Å². The number of hydrogen-bond acceptors (Lipinski definition) is 4. The summed E-state index contributed by atoms with van der Waals surface area (Å²) in [6.45, 7) is 1.56. The second-order valence-electron chi connectivity index (χ2n) is 7.38. The molecule has 0 unspecified atom stereocenters. The van der Waals surface area contributed by atoms with E-state index in [1.165, 1.54) is 23.4 Å². The molecule has 1 fully saturated rings. The zero-order valence-electron chi connectivity index (χ0n) is 14.6. The number of aromatic nitrogens is 1. The summed E-state index contributed by atoms with van der Waals surface area (Å²) in [6.07, 6.45) is 5.20. The maximum absolute atomic E-state index is 13.3. The number of aliphatic hydroxyl groups is 1.